The molecule has 0 heterocycles. The number of hydrogen-bond acceptors (Lipinski definition) is 0. The van der Waals surface area contributed by atoms with Crippen LogP contribution in [0.1, 0.15) is 5.56 Å². The van der Waals surface area contributed by atoms with Gasteiger partial charge < -0.3 is 0 Å². The second kappa shape index (κ2) is 3.42. The summed E-state index contributed by atoms with van der Waals surface area (Å²) >= 11 is 11.5. The summed E-state index contributed by atoms with van der Waals surface area (Å²) in [6.07, 6.45) is 0. The summed E-state index contributed by atoms with van der Waals surface area (Å²) in [6, 6.07) is 6.92. The van der Waals surface area contributed by atoms with E-state index >= 15 is 0 Å². The highest BCUT2D eigenvalue weighted by molar-refractivity contribution is 6.42. The zero-order valence-electron chi connectivity index (χ0n) is 5.70. The van der Waals surface area contributed by atoms with Gasteiger partial charge in [0.2, 0.25) is 0 Å². The Morgan fingerprint density at radius 1 is 1.20 bits per heavy atom. The van der Waals surface area contributed by atoms with Crippen LogP contribution in [0.3, 0.4) is 0 Å². The Hall–Kier alpha value is 0.0169. The second-order valence-corrected chi connectivity index (χ2v) is 3.62. The van der Waals surface area contributed by atoms with Crippen molar-refractivity contribution >= 4 is 33.4 Å². The molecule has 1 aromatic carbocycles. The highest BCUT2D eigenvalue weighted by Gasteiger charge is 1.96. The Morgan fingerprint density at radius 3 is 2.40 bits per heavy atom. The van der Waals surface area contributed by atoms with Gasteiger partial charge >= 0.3 is 0 Å². The number of rotatable bonds is 1. The maximum atomic E-state index is 5.78. The van der Waals surface area contributed by atoms with E-state index in [4.69, 9.17) is 23.2 Å². The molecule has 0 fully saturated rings. The van der Waals surface area contributed by atoms with Crippen LogP contribution in [-0.2, 0) is 6.04 Å². The highest BCUT2D eigenvalue weighted by Crippen LogP contribution is 2.22. The van der Waals surface area contributed by atoms with Crippen molar-refractivity contribution in [2.45, 2.75) is 6.04 Å². The van der Waals surface area contributed by atoms with Crippen LogP contribution in [0.15, 0.2) is 18.2 Å². The lowest BCUT2D eigenvalue weighted by Gasteiger charge is -1.97. The van der Waals surface area contributed by atoms with Crippen molar-refractivity contribution in [1.29, 1.82) is 0 Å². The molecule has 10 heavy (non-hydrogen) atoms. The van der Waals surface area contributed by atoms with Crippen molar-refractivity contribution < 1.29 is 0 Å². The molecule has 0 nitrogen and oxygen atoms in total. The highest BCUT2D eigenvalue weighted by atomic mass is 35.5. The quantitative estimate of drug-likeness (QED) is 0.594. The molecule has 1 rings (SSSR count). The first-order valence-electron chi connectivity index (χ1n) is 3.18. The predicted octanol–water partition coefficient (Wildman–Crippen LogP) is 1.86. The topological polar surface area (TPSA) is 0 Å². The van der Waals surface area contributed by atoms with Crippen molar-refractivity contribution in [2.75, 3.05) is 0 Å². The normalized spacial score (nSPS) is 10.2. The van der Waals surface area contributed by atoms with Crippen molar-refractivity contribution in [3.8, 4) is 0 Å². The molecule has 54 valence electrons. The Kier molecular flexibility index (Phi) is 2.78. The molecule has 0 aromatic heterocycles. The maximum absolute atomic E-state index is 5.78. The second-order valence-electron chi connectivity index (χ2n) is 2.10. The first kappa shape index (κ1) is 8.12. The molecule has 0 aliphatic heterocycles. The summed E-state index contributed by atoms with van der Waals surface area (Å²) in [5.41, 5.74) is 1.28. The van der Waals surface area contributed by atoms with Crippen molar-refractivity contribution in [3.63, 3.8) is 0 Å². The third-order valence-corrected chi connectivity index (χ3v) is 2.95. The summed E-state index contributed by atoms with van der Waals surface area (Å²) in [6.45, 7) is 0. The van der Waals surface area contributed by atoms with Gasteiger partial charge in [-0.2, -0.15) is 0 Å². The molecule has 0 amide bonds. The minimum atomic E-state index is 0.639. The van der Waals surface area contributed by atoms with Gasteiger partial charge in [0.1, 0.15) is 0 Å². The summed E-state index contributed by atoms with van der Waals surface area (Å²) in [4.78, 5) is 0. The van der Waals surface area contributed by atoms with Gasteiger partial charge in [-0.25, -0.2) is 0 Å². The van der Waals surface area contributed by atoms with Gasteiger partial charge in [-0.1, -0.05) is 29.3 Å². The van der Waals surface area contributed by atoms with E-state index in [1.165, 1.54) is 15.8 Å². The average molecular weight is 191 g/mol. The van der Waals surface area contributed by atoms with Crippen LogP contribution in [-0.4, -0.2) is 10.2 Å². The Bertz CT molecular complexity index is 235. The number of hydrogen-bond donors (Lipinski definition) is 0. The van der Waals surface area contributed by atoms with Gasteiger partial charge in [0.15, 0.2) is 0 Å². The van der Waals surface area contributed by atoms with Crippen molar-refractivity contribution in [3.05, 3.63) is 33.8 Å². The van der Waals surface area contributed by atoms with Gasteiger partial charge in [-0.05, 0) is 23.7 Å². The van der Waals surface area contributed by atoms with Gasteiger partial charge in [-0.3, -0.25) is 0 Å². The molecule has 0 unspecified atom stereocenters. The van der Waals surface area contributed by atoms with E-state index in [-0.39, 0.29) is 0 Å². The van der Waals surface area contributed by atoms with Crippen LogP contribution >= 0.6 is 23.2 Å². The lowest BCUT2D eigenvalue weighted by Crippen LogP contribution is -1.82. The third kappa shape index (κ3) is 1.75. The van der Waals surface area contributed by atoms with Crippen molar-refractivity contribution in [1.82, 2.24) is 0 Å². The molecular formula is C7H8Cl2Si. The van der Waals surface area contributed by atoms with Crippen LogP contribution in [0.25, 0.3) is 0 Å². The van der Waals surface area contributed by atoms with E-state index in [0.717, 1.165) is 6.04 Å². The molecule has 0 saturated carbocycles. The average Bonchev–Trinajstić information content (AvgIpc) is 1.95. The first-order chi connectivity index (χ1) is 4.74. The minimum Gasteiger partial charge on any atom is -0.0827 e. The fourth-order valence-electron chi connectivity index (χ4n) is 0.760. The molecule has 1 aromatic rings. The van der Waals surface area contributed by atoms with E-state index in [1.54, 1.807) is 0 Å². The van der Waals surface area contributed by atoms with Crippen LogP contribution in [0.2, 0.25) is 10.0 Å². The Balaban J connectivity index is 3.04. The Labute approximate surface area is 73.6 Å². The lowest BCUT2D eigenvalue weighted by molar-refractivity contribution is 1.40. The molecule has 3 heteroatoms. The summed E-state index contributed by atoms with van der Waals surface area (Å²) in [5, 5.41) is 1.30. The van der Waals surface area contributed by atoms with Crippen LogP contribution in [0.5, 0.6) is 0 Å². The number of benzene rings is 1. The molecule has 0 spiro atoms. The van der Waals surface area contributed by atoms with Crippen LogP contribution in [0, 0.1) is 0 Å². The third-order valence-electron chi connectivity index (χ3n) is 1.39. The van der Waals surface area contributed by atoms with E-state index in [9.17, 15) is 0 Å². The van der Waals surface area contributed by atoms with E-state index in [1.807, 2.05) is 18.2 Å². The van der Waals surface area contributed by atoms with E-state index in [0.29, 0.717) is 10.0 Å². The minimum absolute atomic E-state index is 0.639. The van der Waals surface area contributed by atoms with Crippen LogP contribution < -0.4 is 0 Å². The summed E-state index contributed by atoms with van der Waals surface area (Å²) in [7, 11) is 1.17. The van der Waals surface area contributed by atoms with Gasteiger partial charge in [-0.15, -0.1) is 0 Å². The van der Waals surface area contributed by atoms with Gasteiger partial charge in [0.25, 0.3) is 0 Å². The lowest BCUT2D eigenvalue weighted by atomic mass is 10.2. The summed E-state index contributed by atoms with van der Waals surface area (Å²) in [5.74, 6) is 0. The predicted molar refractivity (Wildman–Crippen MR) is 50.1 cm³/mol. The maximum Gasteiger partial charge on any atom is 0.0594 e. The first-order valence-corrected chi connectivity index (χ1v) is 5.35. The smallest absolute Gasteiger partial charge is 0.0594 e. The molecule has 0 atom stereocenters. The fraction of sp³-hybridized carbons (Fsp3) is 0.143. The molecule has 0 radical (unpaired) electrons. The SMILES string of the molecule is [SiH3]Cc1ccc(Cl)c(Cl)c1. The molecule has 0 bridgehead atoms. The summed E-state index contributed by atoms with van der Waals surface area (Å²) < 4.78 is 0. The van der Waals surface area contributed by atoms with E-state index in [2.05, 4.69) is 0 Å². The van der Waals surface area contributed by atoms with E-state index < -0.39 is 0 Å². The van der Waals surface area contributed by atoms with Crippen molar-refractivity contribution in [2.24, 2.45) is 0 Å². The molecule has 0 aliphatic rings. The molecular weight excluding hydrogens is 183 g/mol. The standard InChI is InChI=1S/C7H8Cl2Si/c8-6-2-1-5(4-10)3-7(6)9/h1-3H,4H2,10H3. The van der Waals surface area contributed by atoms with Gasteiger partial charge in [0.05, 0.1) is 10.0 Å². The molecule has 0 saturated heterocycles. The molecule has 0 aliphatic carbocycles. The zero-order chi connectivity index (χ0) is 7.56. The fourth-order valence-corrected chi connectivity index (χ4v) is 1.52. The number of halogens is 2. The largest absolute Gasteiger partial charge is 0.0827 e. The van der Waals surface area contributed by atoms with Gasteiger partial charge in [0, 0.05) is 10.2 Å². The Morgan fingerprint density at radius 2 is 1.90 bits per heavy atom. The zero-order valence-corrected chi connectivity index (χ0v) is 9.21. The van der Waals surface area contributed by atoms with Crippen LogP contribution in [0.4, 0.5) is 0 Å². The monoisotopic (exact) mass is 190 g/mol. The molecule has 0 N–H and O–H groups in total.